The molecule has 1 aliphatic rings. The Morgan fingerprint density at radius 2 is 0.667 bits per heavy atom. The van der Waals surface area contributed by atoms with Crippen molar-refractivity contribution in [2.45, 2.75) is 52.9 Å². The Hall–Kier alpha value is -4.04. The second-order valence-corrected chi connectivity index (χ2v) is 41.3. The molecule has 0 spiro atoms. The Morgan fingerprint density at radius 3 is 0.816 bits per heavy atom. The molecule has 1 aliphatic heterocycles. The molecule has 0 aliphatic carbocycles. The molecule has 9 N–H and O–H groups in total. The van der Waals surface area contributed by atoms with Crippen LogP contribution in [0.5, 0.6) is 0 Å². The number of sulfonamides is 2. The summed E-state index contributed by atoms with van der Waals surface area (Å²) in [5, 5.41) is 17.2. The van der Waals surface area contributed by atoms with Crippen LogP contribution < -0.4 is 50.7 Å². The predicted molar refractivity (Wildman–Crippen MR) is 449 cm³/mol. The molecule has 0 aromatic heterocycles. The fourth-order valence-electron chi connectivity index (χ4n) is 6.84. The number of aliphatic hydroxyl groups is 1. The quantitative estimate of drug-likeness (QED) is 0.00903. The zero-order valence-electron chi connectivity index (χ0n) is 62.6. The molecule has 44 heteroatoms. The summed E-state index contributed by atoms with van der Waals surface area (Å²) in [4.78, 5) is 0. The van der Waals surface area contributed by atoms with Gasteiger partial charge in [-0.2, -0.15) is 0 Å². The molecule has 114 heavy (non-hydrogen) atoms. The van der Waals surface area contributed by atoms with Crippen molar-refractivity contribution in [2.24, 2.45) is 10.3 Å². The van der Waals surface area contributed by atoms with Gasteiger partial charge in [0.15, 0.2) is 0 Å². The van der Waals surface area contributed by atoms with E-state index in [0.717, 1.165) is 33.4 Å². The number of ether oxygens (including phenoxy) is 7. The third-order valence-electron chi connectivity index (χ3n) is 12.2. The molecule has 0 bridgehead atoms. The third kappa shape index (κ3) is 91.9. The van der Waals surface area contributed by atoms with E-state index in [1.807, 2.05) is 212 Å². The summed E-state index contributed by atoms with van der Waals surface area (Å²) in [5.41, 5.74) is 7.23. The number of alkyl halides is 1. The number of benzene rings is 7. The second kappa shape index (κ2) is 69.7. The number of hydrogen-bond donors (Lipinski definition) is 5. The summed E-state index contributed by atoms with van der Waals surface area (Å²) in [7, 11) is -14.0. The van der Waals surface area contributed by atoms with Gasteiger partial charge < -0.3 is 53.5 Å². The smallest absolute Gasteiger partial charge is 0.748 e. The normalized spacial score (nSPS) is 12.9. The van der Waals surface area contributed by atoms with Crippen molar-refractivity contribution in [1.82, 2.24) is 10.9 Å². The molecule has 644 valence electrons. The minimum absolute atomic E-state index is 0. The van der Waals surface area contributed by atoms with Gasteiger partial charge in [0.05, 0.1) is 159 Å². The summed E-state index contributed by atoms with van der Waals surface area (Å²) in [6.45, 7) is 3.62. The molecule has 7 aromatic carbocycles. The fourth-order valence-corrected chi connectivity index (χ4v) is 10.4. The van der Waals surface area contributed by atoms with Gasteiger partial charge in [-0.3, -0.25) is 4.21 Å². The molecule has 1 unspecified atom stereocenters. The molecule has 1 fully saturated rings. The average Bonchev–Trinajstić information content (AvgIpc) is 0.897. The first kappa shape index (κ1) is 119. The van der Waals surface area contributed by atoms with Crippen LogP contribution in [-0.2, 0) is 167 Å². The van der Waals surface area contributed by atoms with Crippen LogP contribution in [0.4, 0.5) is 0 Å². The zero-order valence-corrected chi connectivity index (χ0v) is 75.0. The van der Waals surface area contributed by atoms with Crippen molar-refractivity contribution in [2.75, 3.05) is 118 Å². The van der Waals surface area contributed by atoms with Crippen LogP contribution in [-0.4, -0.2) is 206 Å². The van der Waals surface area contributed by atoms with E-state index in [2.05, 4.69) is 37.1 Å². The number of halogens is 4. The molecule has 1 saturated heterocycles. The molecule has 0 radical (unpaired) electrons. The van der Waals surface area contributed by atoms with Gasteiger partial charge in [0, 0.05) is 60.1 Å². The Balaban J connectivity index is -0.000000390. The number of sulfone groups is 2. The topological polar surface area (TPSA) is 503 Å². The maximum absolute atomic E-state index is 10.9. The number of rotatable bonds is 33. The van der Waals surface area contributed by atoms with Gasteiger partial charge in [0.1, 0.15) is 26.4 Å². The van der Waals surface area contributed by atoms with E-state index in [-0.39, 0.29) is 112 Å². The van der Waals surface area contributed by atoms with Crippen molar-refractivity contribution in [3.63, 3.8) is 0 Å². The van der Waals surface area contributed by atoms with Gasteiger partial charge in [-0.1, -0.05) is 220 Å². The van der Waals surface area contributed by atoms with Gasteiger partial charge >= 0.3 is 29.6 Å². The summed E-state index contributed by atoms with van der Waals surface area (Å²) >= 11 is 5.53. The molecule has 1 atom stereocenters. The summed E-state index contributed by atoms with van der Waals surface area (Å²) in [6, 6.07) is 67.1. The number of hydrogen-bond acceptors (Lipinski definition) is 27. The SMILES string of the molecule is C.C=S1(=O)CCOCN1.CS(=O)(=O)CCOCc1ccccc1.CS(=O)(=O)CCOCc1ccccc1.ClCc1ccccc1.N.NS(=O)(=O)CCO.NS(=O)(=O)CCOCc1ccccc1.O=S(=O)(Cl)CCOCc1ccccc1.O=S(=O)([O-])CCOCc1ccccc1.O=S(=O)([O-])CCOCc1ccccc1.O=S(Cl)Cl.[Na+]. The molecule has 30 nitrogen and oxygen atoms in total. The van der Waals surface area contributed by atoms with Crippen LogP contribution in [0.3, 0.4) is 0 Å². The third-order valence-corrected chi connectivity index (χ3v) is 19.7. The van der Waals surface area contributed by atoms with E-state index in [0.29, 0.717) is 64.6 Å². The average molecular weight is 1870 g/mol. The first-order valence-corrected chi connectivity index (χ1v) is 50.8. The van der Waals surface area contributed by atoms with Crippen LogP contribution in [0.15, 0.2) is 212 Å². The van der Waals surface area contributed by atoms with Gasteiger partial charge in [-0.25, -0.2) is 78.1 Å². The van der Waals surface area contributed by atoms with Crippen molar-refractivity contribution in [1.29, 1.82) is 0 Å². The van der Waals surface area contributed by atoms with E-state index in [9.17, 15) is 72.2 Å². The summed E-state index contributed by atoms with van der Waals surface area (Å²) in [5.74, 6) is 3.19. The van der Waals surface area contributed by atoms with E-state index in [4.69, 9.17) is 69.9 Å². The van der Waals surface area contributed by atoms with E-state index in [1.165, 1.54) is 18.1 Å². The molecule has 7 aromatic rings. The number of nitrogens with one attached hydrogen (secondary N) is 1. The minimum Gasteiger partial charge on any atom is -0.748 e. The number of nitrogens with two attached hydrogens (primary N) is 2. The first-order chi connectivity index (χ1) is 51.9. The number of primary sulfonamides is 2. The molecule has 0 amide bonds. The second-order valence-electron chi connectivity index (χ2n) is 22.2. The minimum atomic E-state index is -4.15. The maximum Gasteiger partial charge on any atom is 1.00 e. The van der Waals surface area contributed by atoms with Gasteiger partial charge in [0.25, 0.3) is 0 Å². The fraction of sp³-hybridized carbons (Fsp3) is 0.386. The molecule has 1 heterocycles. The monoisotopic (exact) mass is 1870 g/mol. The molecule has 0 saturated carbocycles. The van der Waals surface area contributed by atoms with Crippen LogP contribution in [0.1, 0.15) is 46.4 Å². The van der Waals surface area contributed by atoms with Crippen molar-refractivity contribution in [3.05, 3.63) is 251 Å². The van der Waals surface area contributed by atoms with Gasteiger partial charge in [-0.05, 0) is 44.8 Å². The molecule has 8 rings (SSSR count). The summed E-state index contributed by atoms with van der Waals surface area (Å²) < 4.78 is 224. The van der Waals surface area contributed by atoms with Crippen LogP contribution >= 0.6 is 43.6 Å². The molecular formula is C70H104Cl4N4NaO26S9-. The largest absolute Gasteiger partial charge is 1.00 e. The number of aliphatic hydroxyl groups excluding tert-OH is 1. The van der Waals surface area contributed by atoms with Crippen LogP contribution in [0, 0.1) is 0 Å². The summed E-state index contributed by atoms with van der Waals surface area (Å²) in [6.07, 6.45) is 2.41. The van der Waals surface area contributed by atoms with E-state index < -0.39 is 106 Å². The first-order valence-electron chi connectivity index (χ1n) is 32.4. The molecular weight excluding hydrogens is 1770 g/mol. The maximum atomic E-state index is 10.9. The van der Waals surface area contributed by atoms with Crippen molar-refractivity contribution in [3.8, 4) is 0 Å². The van der Waals surface area contributed by atoms with E-state index in [1.54, 1.807) is 0 Å². The Labute approximate surface area is 718 Å². The Morgan fingerprint density at radius 1 is 0.447 bits per heavy atom. The Kier molecular flexibility index (Phi) is 72.5. The van der Waals surface area contributed by atoms with Crippen LogP contribution in [0.25, 0.3) is 0 Å². The van der Waals surface area contributed by atoms with Gasteiger partial charge in [0.2, 0.25) is 38.3 Å². The zero-order chi connectivity index (χ0) is 84.0. The van der Waals surface area contributed by atoms with Crippen LogP contribution in [0.2, 0.25) is 0 Å². The standard InChI is InChI=1S/2C10H14O3S.C9H11ClO3S.C9H13NO3S.2C9H12O4S.C7H7Cl.C4H9NO2S.C2H7NO3S.CH4.Cl2OS.H3N.Na/c2*1-14(11,12)8-7-13-9-10-5-3-2-4-6-10;4*10-14(11,12)7-6-13-8-9-4-2-1-3-5-9;8-6-7-4-2-1-3-5-7;1-8(6)3-2-7-4-5-8;3-7(5,6)2-1-4;;1-4(2)3;;/h2*2-6H,7-9H2,1H3;1-5H,6-8H2;1-5H,6-8H2,(H2,10,11,12);2*1-5H,6-8H2,(H,10,11,12);1-5H,6H2;1-4H2,(H,5,6);4H,1-2H2,(H2,3,5,6);1H4;;1H3;/q;;;;;;;;;;;;+1/p-2. The van der Waals surface area contributed by atoms with Crippen molar-refractivity contribution >= 4 is 137 Å². The van der Waals surface area contributed by atoms with E-state index >= 15 is 0 Å². The Bertz CT molecular complexity index is 3900. The van der Waals surface area contributed by atoms with Gasteiger partial charge in [-0.15, -0.1) is 11.6 Å². The predicted octanol–water partition coefficient (Wildman–Crippen LogP) is 4.99. The van der Waals surface area contributed by atoms with Crippen molar-refractivity contribution < 1.29 is 144 Å².